The summed E-state index contributed by atoms with van der Waals surface area (Å²) in [7, 11) is 0. The molecule has 0 spiro atoms. The SMILES string of the molecule is C=C1C[C@@H](O)CC(C)(C)[C@@H]1CCC(C)CC(=O)O. The van der Waals surface area contributed by atoms with Gasteiger partial charge in [-0.25, -0.2) is 0 Å². The van der Waals surface area contributed by atoms with Crippen LogP contribution < -0.4 is 0 Å². The Labute approximate surface area is 110 Å². The molecule has 0 aromatic carbocycles. The highest BCUT2D eigenvalue weighted by Crippen LogP contribution is 2.45. The summed E-state index contributed by atoms with van der Waals surface area (Å²) in [5.41, 5.74) is 1.19. The lowest BCUT2D eigenvalue weighted by Gasteiger charge is -2.43. The normalized spacial score (nSPS) is 29.0. The van der Waals surface area contributed by atoms with Gasteiger partial charge in [-0.1, -0.05) is 32.9 Å². The molecule has 0 bridgehead atoms. The molecule has 1 unspecified atom stereocenters. The van der Waals surface area contributed by atoms with Gasteiger partial charge >= 0.3 is 5.97 Å². The van der Waals surface area contributed by atoms with E-state index in [2.05, 4.69) is 20.4 Å². The molecular formula is C15H26O3. The van der Waals surface area contributed by atoms with Crippen LogP contribution in [-0.4, -0.2) is 22.3 Å². The van der Waals surface area contributed by atoms with Gasteiger partial charge in [-0.3, -0.25) is 4.79 Å². The summed E-state index contributed by atoms with van der Waals surface area (Å²) in [4.78, 5) is 10.6. The van der Waals surface area contributed by atoms with Gasteiger partial charge in [-0.15, -0.1) is 0 Å². The summed E-state index contributed by atoms with van der Waals surface area (Å²) in [5, 5.41) is 18.6. The minimum absolute atomic E-state index is 0.0672. The molecule has 1 aliphatic carbocycles. The van der Waals surface area contributed by atoms with Gasteiger partial charge in [0.25, 0.3) is 0 Å². The second-order valence-corrected chi connectivity index (χ2v) is 6.54. The van der Waals surface area contributed by atoms with Gasteiger partial charge in [-0.05, 0) is 42.9 Å². The van der Waals surface area contributed by atoms with Crippen LogP contribution in [0.5, 0.6) is 0 Å². The molecule has 1 rings (SSSR count). The number of carboxylic acids is 1. The molecule has 104 valence electrons. The van der Waals surface area contributed by atoms with Crippen LogP contribution in [0.25, 0.3) is 0 Å². The van der Waals surface area contributed by atoms with E-state index in [1.807, 2.05) is 6.92 Å². The maximum atomic E-state index is 10.6. The first-order chi connectivity index (χ1) is 8.22. The monoisotopic (exact) mass is 254 g/mol. The zero-order chi connectivity index (χ0) is 13.9. The molecule has 3 heteroatoms. The van der Waals surface area contributed by atoms with Crippen molar-refractivity contribution in [3.05, 3.63) is 12.2 Å². The highest BCUT2D eigenvalue weighted by atomic mass is 16.4. The molecule has 1 saturated carbocycles. The number of carboxylic acid groups (broad SMARTS) is 1. The molecule has 3 atom stereocenters. The molecule has 1 fully saturated rings. The topological polar surface area (TPSA) is 57.5 Å². The van der Waals surface area contributed by atoms with Crippen molar-refractivity contribution >= 4 is 5.97 Å². The Morgan fingerprint density at radius 1 is 1.56 bits per heavy atom. The summed E-state index contributed by atoms with van der Waals surface area (Å²) in [6, 6.07) is 0. The fraction of sp³-hybridized carbons (Fsp3) is 0.800. The Hall–Kier alpha value is -0.830. The summed E-state index contributed by atoms with van der Waals surface area (Å²) in [6.45, 7) is 10.4. The van der Waals surface area contributed by atoms with Crippen LogP contribution in [0.15, 0.2) is 12.2 Å². The standard InChI is InChI=1S/C15H26O3/c1-10(7-14(17)18)5-6-13-11(2)8-12(16)9-15(13,3)4/h10,12-13,16H,2,5-9H2,1,3-4H3,(H,17,18)/t10?,12-,13-/m1/s1. The maximum absolute atomic E-state index is 10.6. The lowest BCUT2D eigenvalue weighted by Crippen LogP contribution is -2.36. The molecule has 1 aliphatic rings. The van der Waals surface area contributed by atoms with E-state index in [-0.39, 0.29) is 23.9 Å². The fourth-order valence-corrected chi connectivity index (χ4v) is 3.27. The Kier molecular flexibility index (Phi) is 4.97. The average molecular weight is 254 g/mol. The number of hydrogen-bond donors (Lipinski definition) is 2. The molecule has 0 aliphatic heterocycles. The summed E-state index contributed by atoms with van der Waals surface area (Å²) in [5.74, 6) is -0.116. The molecular weight excluding hydrogens is 228 g/mol. The second-order valence-electron chi connectivity index (χ2n) is 6.54. The smallest absolute Gasteiger partial charge is 0.303 e. The van der Waals surface area contributed by atoms with Crippen LogP contribution in [0.3, 0.4) is 0 Å². The third kappa shape index (κ3) is 4.13. The van der Waals surface area contributed by atoms with Gasteiger partial charge in [0.05, 0.1) is 6.10 Å². The van der Waals surface area contributed by atoms with Gasteiger partial charge in [0.15, 0.2) is 0 Å². The number of aliphatic hydroxyl groups excluding tert-OH is 1. The van der Waals surface area contributed by atoms with Crippen molar-refractivity contribution in [1.82, 2.24) is 0 Å². The summed E-state index contributed by atoms with van der Waals surface area (Å²) < 4.78 is 0. The molecule has 18 heavy (non-hydrogen) atoms. The predicted octanol–water partition coefficient (Wildman–Crippen LogP) is 3.23. The first kappa shape index (κ1) is 15.2. The quantitative estimate of drug-likeness (QED) is 0.741. The highest BCUT2D eigenvalue weighted by Gasteiger charge is 2.38. The van der Waals surface area contributed by atoms with Gasteiger partial charge in [0, 0.05) is 6.42 Å². The van der Waals surface area contributed by atoms with E-state index in [4.69, 9.17) is 5.11 Å². The lowest BCUT2D eigenvalue weighted by molar-refractivity contribution is -0.138. The first-order valence-electron chi connectivity index (χ1n) is 6.80. The molecule has 3 nitrogen and oxygen atoms in total. The van der Waals surface area contributed by atoms with Gasteiger partial charge in [0.1, 0.15) is 0 Å². The van der Waals surface area contributed by atoms with Crippen molar-refractivity contribution < 1.29 is 15.0 Å². The molecule has 0 radical (unpaired) electrons. The molecule has 0 amide bonds. The highest BCUT2D eigenvalue weighted by molar-refractivity contribution is 5.66. The van der Waals surface area contributed by atoms with E-state index in [0.29, 0.717) is 12.3 Å². The van der Waals surface area contributed by atoms with Crippen LogP contribution in [0.1, 0.15) is 52.9 Å². The number of carbonyl (C=O) groups is 1. The third-order valence-corrected chi connectivity index (χ3v) is 4.17. The van der Waals surface area contributed by atoms with Gasteiger partial charge in [0.2, 0.25) is 0 Å². The summed E-state index contributed by atoms with van der Waals surface area (Å²) in [6.07, 6.45) is 3.37. The molecule has 0 aromatic heterocycles. The van der Waals surface area contributed by atoms with Crippen molar-refractivity contribution in [3.8, 4) is 0 Å². The van der Waals surface area contributed by atoms with Crippen molar-refractivity contribution in [2.75, 3.05) is 0 Å². The Bertz CT molecular complexity index is 320. The number of aliphatic hydroxyl groups is 1. The Balaban J connectivity index is 2.54. The van der Waals surface area contributed by atoms with E-state index < -0.39 is 5.97 Å². The van der Waals surface area contributed by atoms with Crippen LogP contribution in [-0.2, 0) is 4.79 Å². The number of rotatable bonds is 5. The van der Waals surface area contributed by atoms with E-state index in [1.165, 1.54) is 0 Å². The van der Waals surface area contributed by atoms with Crippen LogP contribution in [0.2, 0.25) is 0 Å². The largest absolute Gasteiger partial charge is 0.481 e. The Morgan fingerprint density at radius 2 is 2.17 bits per heavy atom. The van der Waals surface area contributed by atoms with Crippen molar-refractivity contribution in [2.24, 2.45) is 17.3 Å². The maximum Gasteiger partial charge on any atom is 0.303 e. The molecule has 0 saturated heterocycles. The van der Waals surface area contributed by atoms with E-state index in [1.54, 1.807) is 0 Å². The van der Waals surface area contributed by atoms with E-state index in [0.717, 1.165) is 24.8 Å². The third-order valence-electron chi connectivity index (χ3n) is 4.17. The average Bonchev–Trinajstić information content (AvgIpc) is 2.12. The van der Waals surface area contributed by atoms with Crippen LogP contribution in [0, 0.1) is 17.3 Å². The lowest BCUT2D eigenvalue weighted by atomic mass is 9.64. The molecule has 0 aromatic rings. The predicted molar refractivity (Wildman–Crippen MR) is 72.3 cm³/mol. The number of aliphatic carboxylic acids is 1. The minimum atomic E-state index is -0.723. The zero-order valence-corrected chi connectivity index (χ0v) is 11.8. The summed E-state index contributed by atoms with van der Waals surface area (Å²) >= 11 is 0. The van der Waals surface area contributed by atoms with Crippen molar-refractivity contribution in [3.63, 3.8) is 0 Å². The molecule has 0 heterocycles. The van der Waals surface area contributed by atoms with Crippen LogP contribution in [0.4, 0.5) is 0 Å². The minimum Gasteiger partial charge on any atom is -0.481 e. The first-order valence-corrected chi connectivity index (χ1v) is 6.80. The van der Waals surface area contributed by atoms with E-state index >= 15 is 0 Å². The second kappa shape index (κ2) is 5.87. The van der Waals surface area contributed by atoms with Crippen molar-refractivity contribution in [2.45, 2.75) is 59.0 Å². The molecule has 2 N–H and O–H groups in total. The Morgan fingerprint density at radius 3 is 2.67 bits per heavy atom. The fourth-order valence-electron chi connectivity index (χ4n) is 3.27. The van der Waals surface area contributed by atoms with Crippen molar-refractivity contribution in [1.29, 1.82) is 0 Å². The van der Waals surface area contributed by atoms with Gasteiger partial charge in [-0.2, -0.15) is 0 Å². The number of hydrogen-bond acceptors (Lipinski definition) is 2. The van der Waals surface area contributed by atoms with Gasteiger partial charge < -0.3 is 10.2 Å². The van der Waals surface area contributed by atoms with E-state index in [9.17, 15) is 9.90 Å². The van der Waals surface area contributed by atoms with Crippen LogP contribution >= 0.6 is 0 Å². The zero-order valence-electron chi connectivity index (χ0n) is 11.8.